The van der Waals surface area contributed by atoms with E-state index in [-0.39, 0.29) is 17.9 Å². The van der Waals surface area contributed by atoms with Crippen LogP contribution in [0.15, 0.2) is 43.0 Å². The molecule has 1 aliphatic rings. The van der Waals surface area contributed by atoms with Crippen molar-refractivity contribution < 1.29 is 4.65 Å². The molecule has 1 aliphatic heterocycles. The van der Waals surface area contributed by atoms with E-state index in [1.165, 1.54) is 11.0 Å². The summed E-state index contributed by atoms with van der Waals surface area (Å²) in [6, 6.07) is 8.61. The predicted molar refractivity (Wildman–Crippen MR) is 84.8 cm³/mol. The van der Waals surface area contributed by atoms with Gasteiger partial charge in [0.25, 0.3) is 0 Å². The quantitative estimate of drug-likeness (QED) is 0.586. The van der Waals surface area contributed by atoms with Gasteiger partial charge in [0.05, 0.1) is 5.60 Å². The van der Waals surface area contributed by atoms with E-state index in [0.717, 1.165) is 6.32 Å². The number of hydrogen-bond donors (Lipinski definition) is 0. The van der Waals surface area contributed by atoms with Crippen molar-refractivity contribution in [3.05, 3.63) is 48.6 Å². The Morgan fingerprint density at radius 3 is 2.26 bits per heavy atom. The first-order chi connectivity index (χ1) is 8.86. The van der Waals surface area contributed by atoms with Crippen LogP contribution in [-0.2, 0) is 4.65 Å². The van der Waals surface area contributed by atoms with Crippen LogP contribution >= 0.6 is 0 Å². The lowest BCUT2D eigenvalue weighted by atomic mass is 9.54. The first-order valence-electron chi connectivity index (χ1n) is 6.93. The maximum atomic E-state index is 6.24. The maximum absolute atomic E-state index is 6.24. The van der Waals surface area contributed by atoms with E-state index in [9.17, 15) is 0 Å². The van der Waals surface area contributed by atoms with Crippen LogP contribution in [0.25, 0.3) is 6.08 Å². The van der Waals surface area contributed by atoms with Crippen LogP contribution in [0.1, 0.15) is 33.3 Å². The molecule has 2 heteroatoms. The van der Waals surface area contributed by atoms with E-state index >= 15 is 0 Å². The van der Waals surface area contributed by atoms with E-state index < -0.39 is 0 Å². The van der Waals surface area contributed by atoms with E-state index in [1.54, 1.807) is 6.08 Å². The highest BCUT2D eigenvalue weighted by Gasteiger charge is 2.49. The Morgan fingerprint density at radius 2 is 1.79 bits per heavy atom. The van der Waals surface area contributed by atoms with Gasteiger partial charge in [-0.2, -0.15) is 0 Å². The van der Waals surface area contributed by atoms with Gasteiger partial charge in [0.15, 0.2) is 0 Å². The average molecular weight is 254 g/mol. The minimum atomic E-state index is -0.0704. The predicted octanol–water partition coefficient (Wildman–Crippen LogP) is 3.92. The van der Waals surface area contributed by atoms with E-state index in [0.29, 0.717) is 0 Å². The summed E-state index contributed by atoms with van der Waals surface area (Å²) in [6.07, 6.45) is 6.87. The second kappa shape index (κ2) is 5.01. The second-order valence-electron chi connectivity index (χ2n) is 6.47. The molecular formula is C17H23BO. The topological polar surface area (TPSA) is 9.23 Å². The van der Waals surface area contributed by atoms with Crippen molar-refractivity contribution in [1.29, 1.82) is 0 Å². The van der Waals surface area contributed by atoms with Crippen LogP contribution in [-0.4, -0.2) is 12.5 Å². The minimum Gasteiger partial charge on any atom is -0.426 e. The van der Waals surface area contributed by atoms with Crippen molar-refractivity contribution in [3.8, 4) is 0 Å². The van der Waals surface area contributed by atoms with Crippen molar-refractivity contribution in [1.82, 2.24) is 0 Å². The third-order valence-corrected chi connectivity index (χ3v) is 4.50. The Labute approximate surface area is 117 Å². The molecule has 0 spiro atoms. The Balaban J connectivity index is 2.16. The van der Waals surface area contributed by atoms with Gasteiger partial charge in [-0.1, -0.05) is 62.9 Å². The van der Waals surface area contributed by atoms with E-state index in [4.69, 9.17) is 4.65 Å². The molecule has 1 aromatic carbocycles. The lowest BCUT2D eigenvalue weighted by Gasteiger charge is -2.34. The van der Waals surface area contributed by atoms with Crippen LogP contribution in [0.5, 0.6) is 0 Å². The third kappa shape index (κ3) is 2.84. The lowest BCUT2D eigenvalue weighted by molar-refractivity contribution is 0.0375. The van der Waals surface area contributed by atoms with E-state index in [1.807, 2.05) is 6.08 Å². The molecule has 1 heterocycles. The monoisotopic (exact) mass is 254 g/mol. The zero-order valence-corrected chi connectivity index (χ0v) is 12.4. The number of benzene rings is 1. The lowest BCUT2D eigenvalue weighted by Crippen LogP contribution is -2.36. The summed E-state index contributed by atoms with van der Waals surface area (Å²) in [5, 5.41) is 0. The Morgan fingerprint density at radius 1 is 1.16 bits per heavy atom. The van der Waals surface area contributed by atoms with Gasteiger partial charge in [-0.05, 0) is 36.6 Å². The fraction of sp³-hybridized carbons (Fsp3) is 0.412. The standard InChI is InChI=1S/C17H23BO/c1-6-7-8-14-9-11-15(12-10-14)18-13-16(2,3)17(4,5)19-18/h6-12H,1,13H2,2-5H3/b8-7+. The first kappa shape index (κ1) is 14.1. The largest absolute Gasteiger partial charge is 0.426 e. The highest BCUT2D eigenvalue weighted by Crippen LogP contribution is 2.44. The fourth-order valence-corrected chi connectivity index (χ4v) is 2.45. The van der Waals surface area contributed by atoms with Crippen LogP contribution in [0, 0.1) is 5.41 Å². The van der Waals surface area contributed by atoms with Gasteiger partial charge in [0.1, 0.15) is 0 Å². The maximum Gasteiger partial charge on any atom is 0.327 e. The number of allylic oxidation sites excluding steroid dienone is 2. The highest BCUT2D eigenvalue weighted by atomic mass is 16.5. The van der Waals surface area contributed by atoms with Gasteiger partial charge in [-0.25, -0.2) is 0 Å². The van der Waals surface area contributed by atoms with Gasteiger partial charge >= 0.3 is 6.92 Å². The normalized spacial score (nSPS) is 20.9. The van der Waals surface area contributed by atoms with Crippen LogP contribution in [0.4, 0.5) is 0 Å². The zero-order valence-electron chi connectivity index (χ0n) is 12.4. The van der Waals surface area contributed by atoms with Crippen molar-refractivity contribution in [2.45, 2.75) is 39.6 Å². The van der Waals surface area contributed by atoms with Crippen LogP contribution < -0.4 is 5.46 Å². The molecule has 19 heavy (non-hydrogen) atoms. The van der Waals surface area contributed by atoms with Gasteiger partial charge < -0.3 is 4.65 Å². The summed E-state index contributed by atoms with van der Waals surface area (Å²) in [5.41, 5.74) is 2.60. The molecule has 0 N–H and O–H groups in total. The summed E-state index contributed by atoms with van der Waals surface area (Å²) in [7, 11) is 0. The molecule has 0 saturated carbocycles. The first-order valence-corrected chi connectivity index (χ1v) is 6.93. The summed E-state index contributed by atoms with van der Waals surface area (Å²) in [4.78, 5) is 0. The fourth-order valence-electron chi connectivity index (χ4n) is 2.45. The zero-order chi connectivity index (χ0) is 14.1. The number of rotatable bonds is 3. The Hall–Kier alpha value is -1.28. The summed E-state index contributed by atoms with van der Waals surface area (Å²) in [6.45, 7) is 12.8. The molecule has 1 saturated heterocycles. The second-order valence-corrected chi connectivity index (χ2v) is 6.47. The van der Waals surface area contributed by atoms with Gasteiger partial charge in [0, 0.05) is 0 Å². The SMILES string of the molecule is C=C/C=C/c1ccc(B2CC(C)(C)C(C)(C)O2)cc1. The molecule has 0 radical (unpaired) electrons. The average Bonchev–Trinajstić information content (AvgIpc) is 2.56. The van der Waals surface area contributed by atoms with Crippen molar-refractivity contribution in [2.24, 2.45) is 5.41 Å². The van der Waals surface area contributed by atoms with Crippen molar-refractivity contribution in [2.75, 3.05) is 0 Å². The molecule has 0 aliphatic carbocycles. The molecule has 1 nitrogen and oxygen atoms in total. The molecule has 0 atom stereocenters. The van der Waals surface area contributed by atoms with Gasteiger partial charge in [-0.3, -0.25) is 0 Å². The van der Waals surface area contributed by atoms with Crippen LogP contribution in [0.3, 0.4) is 0 Å². The Kier molecular flexibility index (Phi) is 3.73. The molecule has 1 aromatic rings. The summed E-state index contributed by atoms with van der Waals surface area (Å²) in [5.74, 6) is 0. The molecule has 100 valence electrons. The van der Waals surface area contributed by atoms with Gasteiger partial charge in [0.2, 0.25) is 0 Å². The van der Waals surface area contributed by atoms with Crippen molar-refractivity contribution >= 4 is 18.5 Å². The number of hydrogen-bond acceptors (Lipinski definition) is 1. The third-order valence-electron chi connectivity index (χ3n) is 4.50. The molecule has 0 unspecified atom stereocenters. The van der Waals surface area contributed by atoms with Crippen LogP contribution in [0.2, 0.25) is 6.32 Å². The molecule has 0 aromatic heterocycles. The molecule has 2 rings (SSSR count). The minimum absolute atomic E-state index is 0.0704. The molecular weight excluding hydrogens is 231 g/mol. The molecule has 1 fully saturated rings. The summed E-state index contributed by atoms with van der Waals surface area (Å²) >= 11 is 0. The highest BCUT2D eigenvalue weighted by molar-refractivity contribution is 6.68. The summed E-state index contributed by atoms with van der Waals surface area (Å²) < 4.78 is 6.24. The molecule has 0 bridgehead atoms. The molecule has 0 amide bonds. The Bertz CT molecular complexity index is 466. The smallest absolute Gasteiger partial charge is 0.327 e. The van der Waals surface area contributed by atoms with Gasteiger partial charge in [-0.15, -0.1) is 0 Å². The van der Waals surface area contributed by atoms with Crippen molar-refractivity contribution in [3.63, 3.8) is 0 Å². The van der Waals surface area contributed by atoms with E-state index in [2.05, 4.69) is 64.6 Å².